The van der Waals surface area contributed by atoms with Crippen LogP contribution in [-0.2, 0) is 19.0 Å². The van der Waals surface area contributed by atoms with Crippen molar-refractivity contribution in [3.05, 3.63) is 23.5 Å². The predicted octanol–water partition coefficient (Wildman–Crippen LogP) is 1.76. The summed E-state index contributed by atoms with van der Waals surface area (Å²) in [5.41, 5.74) is 1.58. The molecule has 0 aromatic carbocycles. The Bertz CT molecular complexity index is 592. The van der Waals surface area contributed by atoms with Gasteiger partial charge >= 0.3 is 12.1 Å². The summed E-state index contributed by atoms with van der Waals surface area (Å²) in [4.78, 5) is 28.5. The average molecular weight is 350 g/mol. The second-order valence-corrected chi connectivity index (χ2v) is 6.69. The smallest absolute Gasteiger partial charge is 0.412 e. The first-order valence-electron chi connectivity index (χ1n) is 8.83. The molecule has 3 unspecified atom stereocenters. The molecule has 2 heterocycles. The van der Waals surface area contributed by atoms with Crippen molar-refractivity contribution in [1.29, 1.82) is 0 Å². The van der Waals surface area contributed by atoms with Crippen molar-refractivity contribution in [2.45, 2.75) is 26.6 Å². The molecule has 0 aromatic heterocycles. The molecule has 25 heavy (non-hydrogen) atoms. The molecule has 1 amide bonds. The van der Waals surface area contributed by atoms with E-state index in [1.54, 1.807) is 4.90 Å². The van der Waals surface area contributed by atoms with Crippen molar-refractivity contribution in [1.82, 2.24) is 9.80 Å². The number of rotatable bonds is 3. The number of allylic oxidation sites excluding steroid dienone is 1. The Morgan fingerprint density at radius 1 is 1.28 bits per heavy atom. The van der Waals surface area contributed by atoms with Gasteiger partial charge in [0.25, 0.3) is 6.29 Å². The summed E-state index contributed by atoms with van der Waals surface area (Å²) in [5.74, 6) is -0.588. The van der Waals surface area contributed by atoms with Crippen molar-refractivity contribution in [3.63, 3.8) is 0 Å². The third-order valence-electron chi connectivity index (χ3n) is 5.39. The minimum atomic E-state index is -0.700. The molecule has 0 saturated carbocycles. The fourth-order valence-corrected chi connectivity index (χ4v) is 3.79. The lowest BCUT2D eigenvalue weighted by molar-refractivity contribution is -0.142. The maximum Gasteiger partial charge on any atom is 0.412 e. The molecule has 0 aromatic rings. The van der Waals surface area contributed by atoms with Gasteiger partial charge in [0, 0.05) is 32.1 Å². The Hall–Kier alpha value is -2.02. The SMILES string of the molecule is CCN1CCN(C(=O)OC2OC=C(C(=O)OC)C3CC=C(C)C23)CC1. The Morgan fingerprint density at radius 2 is 2.00 bits per heavy atom. The number of nitrogens with zero attached hydrogens (tertiary/aromatic N) is 2. The van der Waals surface area contributed by atoms with Crippen LogP contribution in [0.3, 0.4) is 0 Å². The first-order valence-corrected chi connectivity index (χ1v) is 8.83. The minimum absolute atomic E-state index is 0.0593. The van der Waals surface area contributed by atoms with Gasteiger partial charge in [-0.1, -0.05) is 18.6 Å². The first-order chi connectivity index (χ1) is 12.0. The Kier molecular flexibility index (Phi) is 5.32. The number of piperazine rings is 1. The molecule has 1 saturated heterocycles. The lowest BCUT2D eigenvalue weighted by atomic mass is 9.84. The number of ether oxygens (including phenoxy) is 3. The highest BCUT2D eigenvalue weighted by Crippen LogP contribution is 2.43. The normalized spacial score (nSPS) is 29.2. The van der Waals surface area contributed by atoms with Crippen molar-refractivity contribution >= 4 is 12.1 Å². The van der Waals surface area contributed by atoms with Crippen LogP contribution in [0.2, 0.25) is 0 Å². The number of hydrogen-bond donors (Lipinski definition) is 0. The standard InChI is InChI=1S/C18H26N2O5/c1-4-19-7-9-20(10-8-19)18(22)25-17-15-12(2)5-6-13(15)14(11-24-17)16(21)23-3/h5,11,13,15,17H,4,6-10H2,1-3H3. The van der Waals surface area contributed by atoms with E-state index in [1.807, 2.05) is 6.92 Å². The van der Waals surface area contributed by atoms with Gasteiger partial charge in [-0.25, -0.2) is 9.59 Å². The van der Waals surface area contributed by atoms with Crippen LogP contribution in [0.5, 0.6) is 0 Å². The van der Waals surface area contributed by atoms with Crippen LogP contribution in [0.1, 0.15) is 20.3 Å². The van der Waals surface area contributed by atoms with E-state index in [2.05, 4.69) is 17.9 Å². The number of hydrogen-bond acceptors (Lipinski definition) is 6. The fraction of sp³-hybridized carbons (Fsp3) is 0.667. The number of carbonyl (C=O) groups excluding carboxylic acids is 2. The van der Waals surface area contributed by atoms with Crippen LogP contribution in [0.15, 0.2) is 23.5 Å². The zero-order valence-electron chi connectivity index (χ0n) is 15.1. The number of fused-ring (bicyclic) bond motifs is 1. The number of likely N-dealkylation sites (N-methyl/N-ethyl adjacent to an activating group) is 1. The van der Waals surface area contributed by atoms with Crippen LogP contribution in [0.25, 0.3) is 0 Å². The van der Waals surface area contributed by atoms with Gasteiger partial charge in [0.1, 0.15) is 0 Å². The van der Waals surface area contributed by atoms with Gasteiger partial charge in [0.05, 0.1) is 24.9 Å². The molecule has 3 atom stereocenters. The Morgan fingerprint density at radius 3 is 2.64 bits per heavy atom. The van der Waals surface area contributed by atoms with Crippen LogP contribution in [0, 0.1) is 11.8 Å². The molecule has 3 rings (SSSR count). The predicted molar refractivity (Wildman–Crippen MR) is 90.5 cm³/mol. The second-order valence-electron chi connectivity index (χ2n) is 6.69. The highest BCUT2D eigenvalue weighted by Gasteiger charge is 2.45. The van der Waals surface area contributed by atoms with E-state index in [-0.39, 0.29) is 17.9 Å². The van der Waals surface area contributed by atoms with E-state index in [0.29, 0.717) is 18.7 Å². The van der Waals surface area contributed by atoms with Crippen LogP contribution in [-0.4, -0.2) is 68.0 Å². The third kappa shape index (κ3) is 3.51. The van der Waals surface area contributed by atoms with Gasteiger partial charge in [-0.2, -0.15) is 0 Å². The zero-order chi connectivity index (χ0) is 18.0. The molecular weight excluding hydrogens is 324 g/mol. The van der Waals surface area contributed by atoms with Gasteiger partial charge in [0.15, 0.2) is 0 Å². The zero-order valence-corrected chi connectivity index (χ0v) is 15.1. The third-order valence-corrected chi connectivity index (χ3v) is 5.39. The number of methoxy groups -OCH3 is 1. The van der Waals surface area contributed by atoms with Gasteiger partial charge in [0.2, 0.25) is 0 Å². The van der Waals surface area contributed by atoms with E-state index in [1.165, 1.54) is 13.4 Å². The summed E-state index contributed by atoms with van der Waals surface area (Å²) in [6.07, 6.45) is 3.14. The van der Waals surface area contributed by atoms with Gasteiger partial charge in [-0.05, 0) is 19.9 Å². The summed E-state index contributed by atoms with van der Waals surface area (Å²) in [5, 5.41) is 0. The number of amides is 1. The van der Waals surface area contributed by atoms with E-state index in [4.69, 9.17) is 14.2 Å². The molecule has 7 nitrogen and oxygen atoms in total. The van der Waals surface area contributed by atoms with E-state index < -0.39 is 12.3 Å². The Labute approximate surface area is 148 Å². The molecule has 0 radical (unpaired) electrons. The summed E-state index contributed by atoms with van der Waals surface area (Å²) in [6, 6.07) is 0. The molecule has 0 bridgehead atoms. The minimum Gasteiger partial charge on any atom is -0.466 e. The van der Waals surface area contributed by atoms with Crippen molar-refractivity contribution in [3.8, 4) is 0 Å². The van der Waals surface area contributed by atoms with Crippen molar-refractivity contribution in [2.75, 3.05) is 39.8 Å². The summed E-state index contributed by atoms with van der Waals surface area (Å²) >= 11 is 0. The van der Waals surface area contributed by atoms with Crippen LogP contribution >= 0.6 is 0 Å². The largest absolute Gasteiger partial charge is 0.466 e. The molecule has 138 valence electrons. The highest BCUT2D eigenvalue weighted by molar-refractivity contribution is 5.89. The molecule has 7 heteroatoms. The van der Waals surface area contributed by atoms with Crippen LogP contribution < -0.4 is 0 Å². The summed E-state index contributed by atoms with van der Waals surface area (Å²) in [7, 11) is 1.36. The second kappa shape index (κ2) is 7.47. The van der Waals surface area contributed by atoms with Gasteiger partial charge in [-0.3, -0.25) is 0 Å². The molecule has 3 aliphatic rings. The molecule has 1 aliphatic carbocycles. The Balaban J connectivity index is 1.66. The van der Waals surface area contributed by atoms with Gasteiger partial charge < -0.3 is 24.0 Å². The molecule has 1 fully saturated rings. The molecule has 0 N–H and O–H groups in total. The molecule has 2 aliphatic heterocycles. The number of esters is 1. The number of carbonyl (C=O) groups is 2. The molecule has 0 spiro atoms. The quantitative estimate of drug-likeness (QED) is 0.571. The molecular formula is C18H26N2O5. The first kappa shape index (κ1) is 17.8. The lowest BCUT2D eigenvalue weighted by Gasteiger charge is -2.37. The van der Waals surface area contributed by atoms with E-state index >= 15 is 0 Å². The van der Waals surface area contributed by atoms with E-state index in [9.17, 15) is 9.59 Å². The lowest BCUT2D eigenvalue weighted by Crippen LogP contribution is -2.50. The fourth-order valence-electron chi connectivity index (χ4n) is 3.79. The monoisotopic (exact) mass is 350 g/mol. The topological polar surface area (TPSA) is 68.3 Å². The van der Waals surface area contributed by atoms with E-state index in [0.717, 1.165) is 31.6 Å². The average Bonchev–Trinajstić information content (AvgIpc) is 3.03. The maximum atomic E-state index is 12.5. The van der Waals surface area contributed by atoms with Crippen molar-refractivity contribution < 1.29 is 23.8 Å². The maximum absolute atomic E-state index is 12.5. The van der Waals surface area contributed by atoms with Gasteiger partial charge in [-0.15, -0.1) is 0 Å². The summed E-state index contributed by atoms with van der Waals surface area (Å²) < 4.78 is 16.1. The summed E-state index contributed by atoms with van der Waals surface area (Å²) in [6.45, 7) is 8.11. The highest BCUT2D eigenvalue weighted by atomic mass is 16.7. The van der Waals surface area contributed by atoms with Crippen molar-refractivity contribution in [2.24, 2.45) is 11.8 Å². The van der Waals surface area contributed by atoms with Crippen LogP contribution in [0.4, 0.5) is 4.79 Å².